The van der Waals surface area contributed by atoms with E-state index < -0.39 is 96.5 Å². The number of likely N-dealkylation sites (tertiary alicyclic amines) is 2. The van der Waals surface area contributed by atoms with E-state index in [2.05, 4.69) is 16.0 Å². The minimum absolute atomic E-state index is 0.0189. The summed E-state index contributed by atoms with van der Waals surface area (Å²) in [5, 5.41) is 58.8. The second kappa shape index (κ2) is 22.4. The molecule has 3 aliphatic heterocycles. The molecule has 21 heteroatoms. The first-order valence-electron chi connectivity index (χ1n) is 23.6. The van der Waals surface area contributed by atoms with Crippen molar-refractivity contribution in [3.63, 3.8) is 0 Å². The minimum atomic E-state index is -1.12. The van der Waals surface area contributed by atoms with Gasteiger partial charge in [-0.1, -0.05) is 42.5 Å². The highest BCUT2D eigenvalue weighted by molar-refractivity contribution is 6.31. The number of carbonyl (C=O) groups is 8. The van der Waals surface area contributed by atoms with Gasteiger partial charge >= 0.3 is 6.09 Å². The minimum Gasteiger partial charge on any atom is -0.507 e. The molecule has 5 amide bonds. The third-order valence-electron chi connectivity index (χ3n) is 13.7. The molecule has 0 radical (unpaired) electrons. The van der Waals surface area contributed by atoms with Crippen LogP contribution in [-0.2, 0) is 52.9 Å². The molecule has 3 aromatic carbocycles. The Hall–Kier alpha value is -6.94. The highest BCUT2D eigenvalue weighted by atomic mass is 16.6. The zero-order chi connectivity index (χ0) is 51.3. The molecular formula is C50H59N5O16. The Morgan fingerprint density at radius 3 is 2.18 bits per heavy atom. The van der Waals surface area contributed by atoms with Gasteiger partial charge in [0.05, 0.1) is 42.5 Å². The fourth-order valence-corrected chi connectivity index (χ4v) is 9.89. The first-order valence-corrected chi connectivity index (χ1v) is 23.6. The summed E-state index contributed by atoms with van der Waals surface area (Å²) >= 11 is 0. The standard InChI is InChI=1S/C29H41N5O9.C21H18O7/c1-17(31-27(39)22-11-7-13-34(22)29(41)42-16-19-8-4-3-5-9-19)26(38)30-15-23(35)33-12-6-10-21(33)28(40)32-20-14-24(36)43-18(2)25(20)37;1-28-14-4-2-3-11-15(14)21(27)17-16(19(11)25)20(26)12-7-9(13(23)8-22)5-6-10(12)18(17)24/h3-5,8-9,17-18,20-22,24-25,36-37H,6-7,10-16H2,1-2H3,(H,30,38)(H,31,39)(H,32,40);2-4,9,22,24,26H,5-8H2,1H3. The predicted molar refractivity (Wildman–Crippen MR) is 248 cm³/mol. The van der Waals surface area contributed by atoms with Gasteiger partial charge in [0, 0.05) is 42.1 Å². The van der Waals surface area contributed by atoms with Crippen molar-refractivity contribution in [2.75, 3.05) is 33.4 Å². The molecule has 8 rings (SSSR count). The fourth-order valence-electron chi connectivity index (χ4n) is 9.89. The summed E-state index contributed by atoms with van der Waals surface area (Å²) in [6.45, 7) is 2.85. The van der Waals surface area contributed by atoms with Gasteiger partial charge in [0.25, 0.3) is 0 Å². The highest BCUT2D eigenvalue weighted by Crippen LogP contribution is 2.47. The number of amides is 5. The number of rotatable bonds is 12. The van der Waals surface area contributed by atoms with E-state index in [1.165, 1.54) is 29.9 Å². The van der Waals surface area contributed by atoms with E-state index in [1.807, 2.05) is 30.3 Å². The van der Waals surface area contributed by atoms with Crippen molar-refractivity contribution < 1.29 is 78.1 Å². The normalized spacial score (nSPS) is 23.7. The van der Waals surface area contributed by atoms with Crippen LogP contribution in [0.5, 0.6) is 17.2 Å². The first-order chi connectivity index (χ1) is 33.9. The summed E-state index contributed by atoms with van der Waals surface area (Å²) in [5.41, 5.74) is 1.12. The number of phenols is 2. The van der Waals surface area contributed by atoms with Crippen LogP contribution in [0.3, 0.4) is 0 Å². The topological polar surface area (TPSA) is 308 Å². The predicted octanol–water partition coefficient (Wildman–Crippen LogP) is 0.921. The Labute approximate surface area is 408 Å². The molecule has 2 aliphatic carbocycles. The summed E-state index contributed by atoms with van der Waals surface area (Å²) in [5.74, 6) is -4.56. The van der Waals surface area contributed by atoms with E-state index in [4.69, 9.17) is 19.3 Å². The van der Waals surface area contributed by atoms with E-state index in [9.17, 15) is 58.8 Å². The molecule has 8 N–H and O–H groups in total. The molecule has 8 unspecified atom stereocenters. The van der Waals surface area contributed by atoms with E-state index in [-0.39, 0.29) is 83.3 Å². The SMILES string of the molecule is CC(NC(=O)C1CCCN1C(=O)OCc1ccccc1)C(=O)NCC(=O)N1CCCC1C(=O)NC1CC(O)OC(C)C1O.COc1cccc2c1C(=O)c1c(O)c3c(c(O)c1C2=O)CC(C(=O)CO)CC3. The first kappa shape index (κ1) is 51.9. The summed E-state index contributed by atoms with van der Waals surface area (Å²) in [6.07, 6.45) is -0.614. The second-order valence-electron chi connectivity index (χ2n) is 18.2. The number of aliphatic hydroxyl groups excluding tert-OH is 3. The number of benzene rings is 3. The number of nitrogens with zero attached hydrogens (tertiary/aromatic N) is 2. The largest absolute Gasteiger partial charge is 0.507 e. The Balaban J connectivity index is 0.000000228. The Bertz CT molecular complexity index is 2570. The van der Waals surface area contributed by atoms with Crippen LogP contribution in [0.1, 0.15) is 101 Å². The lowest BCUT2D eigenvalue weighted by Gasteiger charge is -2.37. The maximum atomic E-state index is 13.1. The number of methoxy groups -OCH3 is 1. The highest BCUT2D eigenvalue weighted by Gasteiger charge is 2.43. The second-order valence-corrected chi connectivity index (χ2v) is 18.2. The van der Waals surface area contributed by atoms with Crippen LogP contribution in [0.25, 0.3) is 0 Å². The van der Waals surface area contributed by atoms with Crippen LogP contribution in [-0.4, -0.2) is 158 Å². The van der Waals surface area contributed by atoms with Crippen LogP contribution < -0.4 is 20.7 Å². The van der Waals surface area contributed by atoms with Gasteiger partial charge in [0.15, 0.2) is 17.9 Å². The van der Waals surface area contributed by atoms with E-state index >= 15 is 0 Å². The zero-order valence-corrected chi connectivity index (χ0v) is 39.6. The maximum absolute atomic E-state index is 13.1. The number of phenolic OH excluding ortho intramolecular Hbond substituents is 2. The molecule has 3 heterocycles. The molecule has 5 aliphatic rings. The van der Waals surface area contributed by atoms with E-state index in [0.717, 1.165) is 5.56 Å². The number of Topliss-reactive ketones (excluding diaryl/α,β-unsaturated/α-hetero) is 1. The Morgan fingerprint density at radius 1 is 0.831 bits per heavy atom. The van der Waals surface area contributed by atoms with Crippen LogP contribution in [0.4, 0.5) is 4.79 Å². The average Bonchev–Trinajstić information content (AvgIpc) is 4.08. The number of aliphatic hydroxyl groups is 3. The Morgan fingerprint density at radius 2 is 1.49 bits per heavy atom. The molecule has 3 aromatic rings. The van der Waals surface area contributed by atoms with Crippen molar-refractivity contribution in [2.24, 2.45) is 5.92 Å². The number of fused-ring (bicyclic) bond motifs is 3. The molecule has 21 nitrogen and oxygen atoms in total. The maximum Gasteiger partial charge on any atom is 0.410 e. The Kier molecular flexibility index (Phi) is 16.4. The molecular weight excluding hydrogens is 927 g/mol. The van der Waals surface area contributed by atoms with Crippen LogP contribution in [0.15, 0.2) is 48.5 Å². The van der Waals surface area contributed by atoms with Gasteiger partial charge in [0.1, 0.15) is 54.7 Å². The molecule has 3 fully saturated rings. The van der Waals surface area contributed by atoms with Gasteiger partial charge in [-0.15, -0.1) is 0 Å². The van der Waals surface area contributed by atoms with Crippen molar-refractivity contribution in [1.29, 1.82) is 0 Å². The van der Waals surface area contributed by atoms with Crippen molar-refractivity contribution >= 4 is 47.1 Å². The van der Waals surface area contributed by atoms with Gasteiger partial charge < -0.3 is 60.6 Å². The van der Waals surface area contributed by atoms with Gasteiger partial charge in [-0.05, 0) is 70.4 Å². The lowest BCUT2D eigenvalue weighted by Crippen LogP contribution is -2.58. The number of hydrogen-bond acceptors (Lipinski definition) is 16. The molecule has 0 spiro atoms. The summed E-state index contributed by atoms with van der Waals surface area (Å²) in [7, 11) is 1.38. The number of aromatic hydroxyl groups is 2. The van der Waals surface area contributed by atoms with Crippen molar-refractivity contribution in [1.82, 2.24) is 25.8 Å². The molecule has 0 saturated carbocycles. The smallest absolute Gasteiger partial charge is 0.410 e. The van der Waals surface area contributed by atoms with Gasteiger partial charge in [-0.3, -0.25) is 38.5 Å². The molecule has 3 saturated heterocycles. The molecule has 71 heavy (non-hydrogen) atoms. The summed E-state index contributed by atoms with van der Waals surface area (Å²) < 4.78 is 15.7. The number of nitrogens with one attached hydrogen (secondary N) is 3. The fraction of sp³-hybridized carbons (Fsp3) is 0.480. The molecule has 8 atom stereocenters. The van der Waals surface area contributed by atoms with Gasteiger partial charge in [-0.25, -0.2) is 4.79 Å². The molecule has 0 bridgehead atoms. The number of ketones is 3. The molecule has 0 aromatic heterocycles. The lowest BCUT2D eigenvalue weighted by molar-refractivity contribution is -0.203. The number of ether oxygens (including phenoxy) is 3. The van der Waals surface area contributed by atoms with Crippen LogP contribution in [0.2, 0.25) is 0 Å². The van der Waals surface area contributed by atoms with E-state index in [1.54, 1.807) is 19.1 Å². The third kappa shape index (κ3) is 11.0. The summed E-state index contributed by atoms with van der Waals surface area (Å²) in [4.78, 5) is 105. The lowest BCUT2D eigenvalue weighted by atomic mass is 9.75. The molecule has 380 valence electrons. The van der Waals surface area contributed by atoms with Crippen molar-refractivity contribution in [2.45, 2.75) is 114 Å². The number of hydrogen-bond donors (Lipinski definition) is 8. The monoisotopic (exact) mass is 985 g/mol. The van der Waals surface area contributed by atoms with E-state index in [0.29, 0.717) is 50.8 Å². The van der Waals surface area contributed by atoms with Crippen LogP contribution >= 0.6 is 0 Å². The third-order valence-corrected chi connectivity index (χ3v) is 13.7. The van der Waals surface area contributed by atoms with Crippen molar-refractivity contribution in [3.05, 3.63) is 87.5 Å². The van der Waals surface area contributed by atoms with Crippen molar-refractivity contribution in [3.8, 4) is 17.2 Å². The number of carbonyl (C=O) groups excluding carboxylic acids is 8. The van der Waals surface area contributed by atoms with Gasteiger partial charge in [0.2, 0.25) is 29.4 Å². The summed E-state index contributed by atoms with van der Waals surface area (Å²) in [6, 6.07) is 10.5. The quantitative estimate of drug-likeness (QED) is 0.0916. The van der Waals surface area contributed by atoms with Crippen LogP contribution in [0, 0.1) is 5.92 Å². The van der Waals surface area contributed by atoms with Gasteiger partial charge in [-0.2, -0.15) is 0 Å². The average molecular weight is 986 g/mol. The zero-order valence-electron chi connectivity index (χ0n) is 39.6.